The SMILES string of the molecule is CC1CCC(Nc2ncnc3ccccc23)C1. The number of para-hydroxylation sites is 1. The normalized spacial score (nSPS) is 24.1. The first-order valence-corrected chi connectivity index (χ1v) is 6.29. The molecule has 1 heterocycles. The third-order valence-corrected chi connectivity index (χ3v) is 3.58. The average Bonchev–Trinajstić information content (AvgIpc) is 2.75. The zero-order chi connectivity index (χ0) is 11.7. The van der Waals surface area contributed by atoms with Crippen LogP contribution in [0.3, 0.4) is 0 Å². The van der Waals surface area contributed by atoms with E-state index in [0.717, 1.165) is 22.6 Å². The van der Waals surface area contributed by atoms with E-state index in [1.165, 1.54) is 19.3 Å². The highest BCUT2D eigenvalue weighted by Crippen LogP contribution is 2.28. The van der Waals surface area contributed by atoms with E-state index in [1.807, 2.05) is 18.2 Å². The molecule has 1 aromatic carbocycles. The smallest absolute Gasteiger partial charge is 0.137 e. The summed E-state index contributed by atoms with van der Waals surface area (Å²) in [6.07, 6.45) is 5.46. The van der Waals surface area contributed by atoms with Gasteiger partial charge in [-0.1, -0.05) is 19.1 Å². The van der Waals surface area contributed by atoms with E-state index in [0.29, 0.717) is 6.04 Å². The number of rotatable bonds is 2. The van der Waals surface area contributed by atoms with Crippen molar-refractivity contribution in [3.8, 4) is 0 Å². The zero-order valence-electron chi connectivity index (χ0n) is 10.1. The molecular weight excluding hydrogens is 210 g/mol. The van der Waals surface area contributed by atoms with E-state index in [9.17, 15) is 0 Å². The molecular formula is C14H17N3. The Kier molecular flexibility index (Phi) is 2.67. The molecule has 2 unspecified atom stereocenters. The van der Waals surface area contributed by atoms with Crippen molar-refractivity contribution in [1.29, 1.82) is 0 Å². The summed E-state index contributed by atoms with van der Waals surface area (Å²) in [5.41, 5.74) is 1.01. The van der Waals surface area contributed by atoms with Crippen LogP contribution in [0.4, 0.5) is 5.82 Å². The van der Waals surface area contributed by atoms with Crippen LogP contribution in [-0.2, 0) is 0 Å². The van der Waals surface area contributed by atoms with Gasteiger partial charge in [-0.3, -0.25) is 0 Å². The standard InChI is InChI=1S/C14H17N3/c1-10-6-7-11(8-10)17-14-12-4-2-3-5-13(12)15-9-16-14/h2-5,9-11H,6-8H2,1H3,(H,15,16,17). The van der Waals surface area contributed by atoms with Gasteiger partial charge in [0.1, 0.15) is 12.1 Å². The fourth-order valence-corrected chi connectivity index (χ4v) is 2.65. The van der Waals surface area contributed by atoms with Crippen molar-refractivity contribution in [2.45, 2.75) is 32.2 Å². The molecule has 0 spiro atoms. The molecule has 1 aromatic heterocycles. The molecule has 0 amide bonds. The van der Waals surface area contributed by atoms with Gasteiger partial charge in [0.05, 0.1) is 5.52 Å². The minimum absolute atomic E-state index is 0.573. The molecule has 3 nitrogen and oxygen atoms in total. The summed E-state index contributed by atoms with van der Waals surface area (Å²) in [6, 6.07) is 8.73. The van der Waals surface area contributed by atoms with Crippen LogP contribution in [0.15, 0.2) is 30.6 Å². The lowest BCUT2D eigenvalue weighted by molar-refractivity contribution is 0.602. The molecule has 0 aliphatic heterocycles. The summed E-state index contributed by atoms with van der Waals surface area (Å²) in [5.74, 6) is 1.82. The average molecular weight is 227 g/mol. The highest BCUT2D eigenvalue weighted by Gasteiger charge is 2.21. The summed E-state index contributed by atoms with van der Waals surface area (Å²) in [5, 5.41) is 4.68. The van der Waals surface area contributed by atoms with Gasteiger partial charge in [-0.2, -0.15) is 0 Å². The van der Waals surface area contributed by atoms with Crippen LogP contribution in [0, 0.1) is 5.92 Å². The van der Waals surface area contributed by atoms with Gasteiger partial charge < -0.3 is 5.32 Å². The lowest BCUT2D eigenvalue weighted by atomic mass is 10.1. The molecule has 1 aliphatic rings. The van der Waals surface area contributed by atoms with E-state index >= 15 is 0 Å². The maximum Gasteiger partial charge on any atom is 0.137 e. The molecule has 0 bridgehead atoms. The van der Waals surface area contributed by atoms with Crippen LogP contribution in [0.25, 0.3) is 10.9 Å². The number of hydrogen-bond acceptors (Lipinski definition) is 3. The first kappa shape index (κ1) is 10.5. The van der Waals surface area contributed by atoms with Crippen molar-refractivity contribution in [2.75, 3.05) is 5.32 Å². The molecule has 2 atom stereocenters. The Labute approximate surface area is 101 Å². The maximum atomic E-state index is 4.37. The quantitative estimate of drug-likeness (QED) is 0.856. The van der Waals surface area contributed by atoms with Gasteiger partial charge in [-0.25, -0.2) is 9.97 Å². The van der Waals surface area contributed by atoms with Crippen LogP contribution in [-0.4, -0.2) is 16.0 Å². The second-order valence-electron chi connectivity index (χ2n) is 5.00. The monoisotopic (exact) mass is 227 g/mol. The minimum atomic E-state index is 0.573. The van der Waals surface area contributed by atoms with Gasteiger partial charge in [0.2, 0.25) is 0 Å². The van der Waals surface area contributed by atoms with E-state index in [1.54, 1.807) is 6.33 Å². The summed E-state index contributed by atoms with van der Waals surface area (Å²) in [6.45, 7) is 2.32. The Balaban J connectivity index is 1.90. The van der Waals surface area contributed by atoms with E-state index in [-0.39, 0.29) is 0 Å². The van der Waals surface area contributed by atoms with Crippen molar-refractivity contribution in [1.82, 2.24) is 9.97 Å². The molecule has 0 saturated heterocycles. The largest absolute Gasteiger partial charge is 0.367 e. The van der Waals surface area contributed by atoms with E-state index in [2.05, 4.69) is 28.3 Å². The van der Waals surface area contributed by atoms with Crippen molar-refractivity contribution < 1.29 is 0 Å². The lowest BCUT2D eigenvalue weighted by Crippen LogP contribution is -2.16. The number of aromatic nitrogens is 2. The highest BCUT2D eigenvalue weighted by atomic mass is 15.0. The maximum absolute atomic E-state index is 4.37. The number of nitrogens with zero attached hydrogens (tertiary/aromatic N) is 2. The number of anilines is 1. The van der Waals surface area contributed by atoms with Crippen LogP contribution >= 0.6 is 0 Å². The molecule has 0 radical (unpaired) electrons. The second-order valence-corrected chi connectivity index (χ2v) is 5.00. The van der Waals surface area contributed by atoms with Crippen LogP contribution in [0.1, 0.15) is 26.2 Å². The van der Waals surface area contributed by atoms with Gasteiger partial charge >= 0.3 is 0 Å². The fraction of sp³-hybridized carbons (Fsp3) is 0.429. The molecule has 1 saturated carbocycles. The number of benzene rings is 1. The van der Waals surface area contributed by atoms with E-state index < -0.39 is 0 Å². The summed E-state index contributed by atoms with van der Waals surface area (Å²) in [7, 11) is 0. The predicted octanol–water partition coefficient (Wildman–Crippen LogP) is 3.23. The van der Waals surface area contributed by atoms with Crippen LogP contribution in [0.2, 0.25) is 0 Å². The first-order valence-electron chi connectivity index (χ1n) is 6.29. The Bertz CT molecular complexity index is 518. The topological polar surface area (TPSA) is 37.8 Å². The lowest BCUT2D eigenvalue weighted by Gasteiger charge is -2.14. The van der Waals surface area contributed by atoms with Gasteiger partial charge in [0.25, 0.3) is 0 Å². The van der Waals surface area contributed by atoms with Gasteiger partial charge in [0.15, 0.2) is 0 Å². The Hall–Kier alpha value is -1.64. The predicted molar refractivity (Wildman–Crippen MR) is 70.0 cm³/mol. The van der Waals surface area contributed by atoms with Gasteiger partial charge in [0, 0.05) is 11.4 Å². The first-order chi connectivity index (χ1) is 8.33. The van der Waals surface area contributed by atoms with Crippen LogP contribution in [0.5, 0.6) is 0 Å². The summed E-state index contributed by atoms with van der Waals surface area (Å²) < 4.78 is 0. The fourth-order valence-electron chi connectivity index (χ4n) is 2.65. The van der Waals surface area contributed by atoms with Gasteiger partial charge in [-0.05, 0) is 37.3 Å². The molecule has 1 aliphatic carbocycles. The van der Waals surface area contributed by atoms with E-state index in [4.69, 9.17) is 0 Å². The Morgan fingerprint density at radius 1 is 1.18 bits per heavy atom. The second kappa shape index (κ2) is 4.32. The summed E-state index contributed by atoms with van der Waals surface area (Å²) in [4.78, 5) is 8.65. The highest BCUT2D eigenvalue weighted by molar-refractivity contribution is 5.88. The molecule has 3 rings (SSSR count). The third kappa shape index (κ3) is 2.09. The molecule has 1 fully saturated rings. The van der Waals surface area contributed by atoms with Crippen LogP contribution < -0.4 is 5.32 Å². The van der Waals surface area contributed by atoms with Crippen molar-refractivity contribution in [2.24, 2.45) is 5.92 Å². The van der Waals surface area contributed by atoms with Crippen molar-refractivity contribution in [3.05, 3.63) is 30.6 Å². The number of nitrogens with one attached hydrogen (secondary N) is 1. The molecule has 2 aromatic rings. The Morgan fingerprint density at radius 3 is 2.88 bits per heavy atom. The minimum Gasteiger partial charge on any atom is -0.367 e. The molecule has 88 valence electrons. The van der Waals surface area contributed by atoms with Gasteiger partial charge in [-0.15, -0.1) is 0 Å². The van der Waals surface area contributed by atoms with Crippen molar-refractivity contribution in [3.63, 3.8) is 0 Å². The Morgan fingerprint density at radius 2 is 2.06 bits per heavy atom. The number of hydrogen-bond donors (Lipinski definition) is 1. The van der Waals surface area contributed by atoms with Crippen molar-refractivity contribution >= 4 is 16.7 Å². The number of fused-ring (bicyclic) bond motifs is 1. The zero-order valence-corrected chi connectivity index (χ0v) is 10.1. The molecule has 1 N–H and O–H groups in total. The molecule has 3 heteroatoms. The third-order valence-electron chi connectivity index (χ3n) is 3.58. The molecule has 17 heavy (non-hydrogen) atoms. The summed E-state index contributed by atoms with van der Waals surface area (Å²) >= 11 is 0.